The summed E-state index contributed by atoms with van der Waals surface area (Å²) in [5.74, 6) is 0. The summed E-state index contributed by atoms with van der Waals surface area (Å²) in [5.41, 5.74) is 0. The fourth-order valence-electron chi connectivity index (χ4n) is 2.82. The molecule has 21 heavy (non-hydrogen) atoms. The Morgan fingerprint density at radius 2 is 1.10 bits per heavy atom. The molecule has 0 aliphatic heterocycles. The number of hydrogen-bond donors (Lipinski definition) is 0. The Balaban J connectivity index is 2.32. The molecule has 0 bridgehead atoms. The Labute approximate surface area is 134 Å². The zero-order valence-electron chi connectivity index (χ0n) is 14.3. The van der Waals surface area contributed by atoms with Gasteiger partial charge in [0.05, 0.1) is 0 Å². The van der Waals surface area contributed by atoms with Crippen LogP contribution < -0.4 is 5.30 Å². The summed E-state index contributed by atoms with van der Waals surface area (Å²) in [6.07, 6.45) is 17.1. The van der Waals surface area contributed by atoms with Crippen molar-refractivity contribution >= 4 is 13.2 Å². The van der Waals surface area contributed by atoms with Gasteiger partial charge in [-0.1, -0.05) is 103 Å². The van der Waals surface area contributed by atoms with E-state index in [1.54, 1.807) is 5.30 Å². The second-order valence-corrected chi connectivity index (χ2v) is 8.64. The Morgan fingerprint density at radius 3 is 1.57 bits per heavy atom. The molecule has 0 N–H and O–H groups in total. The van der Waals surface area contributed by atoms with Crippen LogP contribution in [-0.2, 0) is 0 Å². The van der Waals surface area contributed by atoms with Gasteiger partial charge >= 0.3 is 0 Å². The molecule has 0 spiro atoms. The van der Waals surface area contributed by atoms with E-state index in [-0.39, 0.29) is 7.92 Å². The average Bonchev–Trinajstić information content (AvgIpc) is 2.53. The molecule has 120 valence electrons. The second-order valence-electron chi connectivity index (χ2n) is 6.15. The van der Waals surface area contributed by atoms with E-state index in [9.17, 15) is 0 Å². The highest BCUT2D eigenvalue weighted by Gasteiger charge is 2.09. The van der Waals surface area contributed by atoms with Crippen LogP contribution in [0.15, 0.2) is 30.3 Å². The van der Waals surface area contributed by atoms with Gasteiger partial charge < -0.3 is 0 Å². The molecular weight excluding hydrogens is 271 g/mol. The van der Waals surface area contributed by atoms with Gasteiger partial charge in [0.2, 0.25) is 0 Å². The fraction of sp³-hybridized carbons (Fsp3) is 0.700. The smallest absolute Gasteiger partial charge is 0.0240 e. The quantitative estimate of drug-likeness (QED) is 0.280. The van der Waals surface area contributed by atoms with E-state index in [1.807, 2.05) is 0 Å². The highest BCUT2D eigenvalue weighted by Crippen LogP contribution is 2.37. The minimum absolute atomic E-state index is 0.102. The fourth-order valence-corrected chi connectivity index (χ4v) is 5.37. The van der Waals surface area contributed by atoms with Crippen LogP contribution in [0.1, 0.15) is 78.1 Å². The minimum Gasteiger partial charge on any atom is -0.0753 e. The van der Waals surface area contributed by atoms with Crippen molar-refractivity contribution in [2.45, 2.75) is 78.1 Å². The van der Waals surface area contributed by atoms with E-state index in [0.29, 0.717) is 0 Å². The summed E-state index contributed by atoms with van der Waals surface area (Å²) in [6.45, 7) is 4.60. The summed E-state index contributed by atoms with van der Waals surface area (Å²) >= 11 is 0. The number of hydrogen-bond acceptors (Lipinski definition) is 0. The summed E-state index contributed by atoms with van der Waals surface area (Å²) in [5, 5.41) is 1.64. The van der Waals surface area contributed by atoms with Gasteiger partial charge in [0.25, 0.3) is 0 Å². The molecular formula is C20H35P. The van der Waals surface area contributed by atoms with E-state index in [2.05, 4.69) is 44.2 Å². The van der Waals surface area contributed by atoms with Crippen molar-refractivity contribution < 1.29 is 0 Å². The largest absolute Gasteiger partial charge is 0.0753 e. The van der Waals surface area contributed by atoms with Gasteiger partial charge in [-0.25, -0.2) is 0 Å². The summed E-state index contributed by atoms with van der Waals surface area (Å²) in [4.78, 5) is 0. The minimum atomic E-state index is 0.102. The van der Waals surface area contributed by atoms with Crippen LogP contribution in [0.4, 0.5) is 0 Å². The van der Waals surface area contributed by atoms with Crippen LogP contribution in [0.5, 0.6) is 0 Å². The van der Waals surface area contributed by atoms with Crippen LogP contribution in [0.3, 0.4) is 0 Å². The van der Waals surface area contributed by atoms with E-state index in [4.69, 9.17) is 0 Å². The summed E-state index contributed by atoms with van der Waals surface area (Å²) < 4.78 is 0. The maximum atomic E-state index is 2.36. The molecule has 0 aliphatic rings. The maximum absolute atomic E-state index is 2.36. The van der Waals surface area contributed by atoms with Crippen molar-refractivity contribution in [1.29, 1.82) is 0 Å². The molecule has 0 nitrogen and oxygen atoms in total. The highest BCUT2D eigenvalue weighted by molar-refractivity contribution is 7.65. The van der Waals surface area contributed by atoms with Gasteiger partial charge in [-0.2, -0.15) is 0 Å². The zero-order chi connectivity index (χ0) is 15.2. The predicted molar refractivity (Wildman–Crippen MR) is 100 cm³/mol. The number of unbranched alkanes of at least 4 members (excludes halogenated alkanes) is 8. The Morgan fingerprint density at radius 1 is 0.619 bits per heavy atom. The van der Waals surface area contributed by atoms with Gasteiger partial charge in [-0.3, -0.25) is 0 Å². The van der Waals surface area contributed by atoms with Crippen LogP contribution in [0.25, 0.3) is 0 Å². The normalized spacial score (nSPS) is 11.2. The van der Waals surface area contributed by atoms with Crippen molar-refractivity contribution in [1.82, 2.24) is 0 Å². The molecule has 0 radical (unpaired) electrons. The van der Waals surface area contributed by atoms with Gasteiger partial charge in [-0.15, -0.1) is 0 Å². The van der Waals surface area contributed by atoms with E-state index in [0.717, 1.165) is 0 Å². The van der Waals surface area contributed by atoms with Crippen LogP contribution >= 0.6 is 7.92 Å². The molecule has 1 heteroatoms. The number of rotatable bonds is 13. The number of benzene rings is 1. The Bertz CT molecular complexity index is 306. The molecule has 1 aromatic carbocycles. The summed E-state index contributed by atoms with van der Waals surface area (Å²) in [6, 6.07) is 11.3. The van der Waals surface area contributed by atoms with Crippen molar-refractivity contribution in [3.8, 4) is 0 Å². The molecule has 0 saturated carbocycles. The lowest BCUT2D eigenvalue weighted by atomic mass is 10.2. The highest BCUT2D eigenvalue weighted by atomic mass is 31.1. The molecule has 0 heterocycles. The lowest BCUT2D eigenvalue weighted by molar-refractivity contribution is 0.653. The van der Waals surface area contributed by atoms with Gasteiger partial charge in [-0.05, 0) is 30.5 Å². The first-order chi connectivity index (χ1) is 10.4. The average molecular weight is 306 g/mol. The third-order valence-corrected chi connectivity index (χ3v) is 6.93. The lowest BCUT2D eigenvalue weighted by Crippen LogP contribution is -2.06. The molecule has 0 amide bonds. The molecule has 0 saturated heterocycles. The van der Waals surface area contributed by atoms with Crippen LogP contribution in [0.2, 0.25) is 0 Å². The van der Waals surface area contributed by atoms with E-state index >= 15 is 0 Å². The monoisotopic (exact) mass is 306 g/mol. The zero-order valence-corrected chi connectivity index (χ0v) is 15.2. The standard InChI is InChI=1S/C20H35P/c1-3-5-7-9-14-18-21(19-15-10-8-6-4-2)20-16-12-11-13-17-20/h11-13,16-17H,3-10,14-15,18-19H2,1-2H3. The molecule has 1 aromatic rings. The van der Waals surface area contributed by atoms with Gasteiger partial charge in [0.15, 0.2) is 0 Å². The van der Waals surface area contributed by atoms with Gasteiger partial charge in [0.1, 0.15) is 0 Å². The molecule has 0 fully saturated rings. The van der Waals surface area contributed by atoms with Crippen molar-refractivity contribution in [2.75, 3.05) is 12.3 Å². The van der Waals surface area contributed by atoms with Crippen LogP contribution in [-0.4, -0.2) is 12.3 Å². The first-order valence-electron chi connectivity index (χ1n) is 9.18. The van der Waals surface area contributed by atoms with E-state index < -0.39 is 0 Å². The van der Waals surface area contributed by atoms with Gasteiger partial charge in [0, 0.05) is 0 Å². The van der Waals surface area contributed by atoms with Crippen LogP contribution in [0, 0.1) is 0 Å². The maximum Gasteiger partial charge on any atom is -0.0240 e. The second kappa shape index (κ2) is 13.3. The molecule has 0 unspecified atom stereocenters. The molecule has 0 aromatic heterocycles. The lowest BCUT2D eigenvalue weighted by Gasteiger charge is -2.18. The predicted octanol–water partition coefficient (Wildman–Crippen LogP) is 6.73. The Hall–Kier alpha value is -0.350. The third-order valence-electron chi connectivity index (χ3n) is 4.18. The van der Waals surface area contributed by atoms with Crippen molar-refractivity contribution in [2.24, 2.45) is 0 Å². The van der Waals surface area contributed by atoms with Crippen molar-refractivity contribution in [3.05, 3.63) is 30.3 Å². The SMILES string of the molecule is CCCCCCCP(CCCCCCC)c1ccccc1. The molecule has 0 atom stereocenters. The topological polar surface area (TPSA) is 0 Å². The Kier molecular flexibility index (Phi) is 11.9. The van der Waals surface area contributed by atoms with E-state index in [1.165, 1.54) is 76.5 Å². The first kappa shape index (κ1) is 18.7. The first-order valence-corrected chi connectivity index (χ1v) is 10.9. The third kappa shape index (κ3) is 9.30. The summed E-state index contributed by atoms with van der Waals surface area (Å²) in [7, 11) is 0.102. The van der Waals surface area contributed by atoms with Crippen molar-refractivity contribution in [3.63, 3.8) is 0 Å². The molecule has 1 rings (SSSR count). The molecule has 0 aliphatic carbocycles.